The Morgan fingerprint density at radius 2 is 1.89 bits per heavy atom. The minimum atomic E-state index is 0.880. The molecule has 0 aliphatic carbocycles. The summed E-state index contributed by atoms with van der Waals surface area (Å²) >= 11 is 0. The van der Waals surface area contributed by atoms with Crippen molar-refractivity contribution >= 4 is 23.1 Å². The van der Waals surface area contributed by atoms with Crippen molar-refractivity contribution in [2.45, 2.75) is 6.92 Å². The van der Waals surface area contributed by atoms with Gasteiger partial charge >= 0.3 is 0 Å². The summed E-state index contributed by atoms with van der Waals surface area (Å²) in [5.74, 6) is 0.880. The first kappa shape index (κ1) is 10.8. The largest absolute Gasteiger partial charge is 0.465 e. The van der Waals surface area contributed by atoms with Gasteiger partial charge in [0.2, 0.25) is 0 Å². The number of pyridine rings is 1. The van der Waals surface area contributed by atoms with Crippen molar-refractivity contribution in [2.24, 2.45) is 0 Å². The van der Waals surface area contributed by atoms with Crippen molar-refractivity contribution in [3.8, 4) is 0 Å². The third kappa shape index (κ3) is 2.05. The Balaban J connectivity index is 1.95. The lowest BCUT2D eigenvalue weighted by molar-refractivity contribution is 0.555. The Morgan fingerprint density at radius 1 is 1.00 bits per heavy atom. The van der Waals surface area contributed by atoms with E-state index in [0.29, 0.717) is 0 Å². The van der Waals surface area contributed by atoms with Crippen LogP contribution >= 0.6 is 0 Å². The predicted octanol–water partition coefficient (Wildman–Crippen LogP) is 4.31. The van der Waals surface area contributed by atoms with Gasteiger partial charge in [0.05, 0.1) is 17.5 Å². The van der Waals surface area contributed by atoms with Crippen molar-refractivity contribution in [3.63, 3.8) is 0 Å². The van der Waals surface area contributed by atoms with Crippen LogP contribution < -0.4 is 0 Å². The van der Waals surface area contributed by atoms with Crippen LogP contribution in [-0.2, 0) is 0 Å². The Morgan fingerprint density at radius 3 is 2.72 bits per heavy atom. The van der Waals surface area contributed by atoms with E-state index in [2.05, 4.69) is 17.1 Å². The molecule has 0 aliphatic heterocycles. The highest BCUT2D eigenvalue weighted by atomic mass is 16.3. The van der Waals surface area contributed by atoms with Crippen LogP contribution in [-0.4, -0.2) is 4.98 Å². The molecule has 0 N–H and O–H groups in total. The summed E-state index contributed by atoms with van der Waals surface area (Å²) in [4.78, 5) is 4.58. The molecule has 0 spiro atoms. The zero-order chi connectivity index (χ0) is 12.4. The van der Waals surface area contributed by atoms with Gasteiger partial charge in [0, 0.05) is 5.39 Å². The summed E-state index contributed by atoms with van der Waals surface area (Å²) in [6.07, 6.45) is 5.62. The normalized spacial score (nSPS) is 11.4. The number of rotatable bonds is 2. The van der Waals surface area contributed by atoms with Gasteiger partial charge in [-0.2, -0.15) is 0 Å². The zero-order valence-corrected chi connectivity index (χ0v) is 10.1. The molecule has 0 bridgehead atoms. The summed E-state index contributed by atoms with van der Waals surface area (Å²) in [5, 5.41) is 1.16. The molecule has 0 fully saturated rings. The molecular weight excluding hydrogens is 222 g/mol. The molecule has 0 amide bonds. The first-order valence-corrected chi connectivity index (χ1v) is 5.91. The van der Waals surface area contributed by atoms with E-state index in [1.54, 1.807) is 6.26 Å². The molecule has 0 atom stereocenters. The highest BCUT2D eigenvalue weighted by molar-refractivity contribution is 5.80. The highest BCUT2D eigenvalue weighted by Gasteiger charge is 1.97. The fraction of sp³-hybridized carbons (Fsp3) is 0.0625. The zero-order valence-electron chi connectivity index (χ0n) is 10.1. The van der Waals surface area contributed by atoms with E-state index in [1.165, 1.54) is 0 Å². The molecule has 2 heterocycles. The van der Waals surface area contributed by atoms with Crippen LogP contribution in [0.25, 0.3) is 23.1 Å². The Labute approximate surface area is 106 Å². The number of benzene rings is 1. The Hall–Kier alpha value is -2.35. The predicted molar refractivity (Wildman–Crippen MR) is 74.1 cm³/mol. The SMILES string of the molecule is Cc1ccoc1/C=C/c1ccc2ccccc2n1. The van der Waals surface area contributed by atoms with E-state index in [0.717, 1.165) is 27.9 Å². The molecule has 3 rings (SSSR count). The Kier molecular flexibility index (Phi) is 2.69. The lowest BCUT2D eigenvalue weighted by atomic mass is 10.2. The average molecular weight is 235 g/mol. The van der Waals surface area contributed by atoms with Crippen molar-refractivity contribution in [1.82, 2.24) is 4.98 Å². The van der Waals surface area contributed by atoms with Gasteiger partial charge in [-0.1, -0.05) is 24.3 Å². The molecule has 3 aromatic rings. The van der Waals surface area contributed by atoms with Crippen LogP contribution in [0.5, 0.6) is 0 Å². The summed E-state index contributed by atoms with van der Waals surface area (Å²) in [7, 11) is 0. The number of hydrogen-bond acceptors (Lipinski definition) is 2. The molecule has 2 heteroatoms. The second-order valence-electron chi connectivity index (χ2n) is 4.23. The fourth-order valence-corrected chi connectivity index (χ4v) is 1.89. The molecule has 2 nitrogen and oxygen atoms in total. The number of aryl methyl sites for hydroxylation is 1. The average Bonchev–Trinajstić information content (AvgIpc) is 2.82. The van der Waals surface area contributed by atoms with E-state index < -0.39 is 0 Å². The third-order valence-electron chi connectivity index (χ3n) is 2.93. The minimum Gasteiger partial charge on any atom is -0.465 e. The molecule has 1 aromatic carbocycles. The van der Waals surface area contributed by atoms with Gasteiger partial charge < -0.3 is 4.42 Å². The number of aromatic nitrogens is 1. The molecule has 88 valence electrons. The van der Waals surface area contributed by atoms with Gasteiger partial charge in [-0.3, -0.25) is 0 Å². The molecule has 0 saturated carbocycles. The molecule has 0 aliphatic rings. The van der Waals surface area contributed by atoms with Crippen LogP contribution in [0.1, 0.15) is 17.0 Å². The van der Waals surface area contributed by atoms with E-state index in [-0.39, 0.29) is 0 Å². The number of hydrogen-bond donors (Lipinski definition) is 0. The molecular formula is C16H13NO. The fourth-order valence-electron chi connectivity index (χ4n) is 1.89. The number of para-hydroxylation sites is 1. The lowest BCUT2D eigenvalue weighted by Gasteiger charge is -1.98. The maximum absolute atomic E-state index is 5.36. The topological polar surface area (TPSA) is 26.0 Å². The van der Waals surface area contributed by atoms with Crippen LogP contribution in [0, 0.1) is 6.92 Å². The first-order valence-electron chi connectivity index (χ1n) is 5.91. The van der Waals surface area contributed by atoms with Crippen LogP contribution in [0.15, 0.2) is 53.1 Å². The smallest absolute Gasteiger partial charge is 0.129 e. The maximum atomic E-state index is 5.36. The van der Waals surface area contributed by atoms with Crippen LogP contribution in [0.2, 0.25) is 0 Å². The second-order valence-corrected chi connectivity index (χ2v) is 4.23. The lowest BCUT2D eigenvalue weighted by Crippen LogP contribution is -1.82. The molecule has 0 unspecified atom stereocenters. The first-order chi connectivity index (χ1) is 8.83. The van der Waals surface area contributed by atoms with Crippen molar-refractivity contribution in [2.75, 3.05) is 0 Å². The van der Waals surface area contributed by atoms with Gasteiger partial charge in [-0.15, -0.1) is 0 Å². The monoisotopic (exact) mass is 235 g/mol. The molecule has 0 radical (unpaired) electrons. The third-order valence-corrected chi connectivity index (χ3v) is 2.93. The van der Waals surface area contributed by atoms with Gasteiger partial charge in [-0.25, -0.2) is 4.98 Å². The number of furan rings is 1. The van der Waals surface area contributed by atoms with Gasteiger partial charge in [0.1, 0.15) is 5.76 Å². The second kappa shape index (κ2) is 4.49. The van der Waals surface area contributed by atoms with Gasteiger partial charge in [0.15, 0.2) is 0 Å². The van der Waals surface area contributed by atoms with Crippen molar-refractivity contribution in [3.05, 3.63) is 65.7 Å². The molecule has 2 aromatic heterocycles. The summed E-state index contributed by atoms with van der Waals surface area (Å²) in [5.41, 5.74) is 3.08. The van der Waals surface area contributed by atoms with E-state index in [4.69, 9.17) is 4.42 Å². The molecule has 18 heavy (non-hydrogen) atoms. The highest BCUT2D eigenvalue weighted by Crippen LogP contribution is 2.15. The van der Waals surface area contributed by atoms with Crippen molar-refractivity contribution < 1.29 is 4.42 Å². The van der Waals surface area contributed by atoms with Crippen molar-refractivity contribution in [1.29, 1.82) is 0 Å². The van der Waals surface area contributed by atoms with E-state index in [9.17, 15) is 0 Å². The Bertz CT molecular complexity index is 710. The molecule has 0 saturated heterocycles. The van der Waals surface area contributed by atoms with Gasteiger partial charge in [-0.05, 0) is 42.8 Å². The maximum Gasteiger partial charge on any atom is 0.129 e. The van der Waals surface area contributed by atoms with Crippen LogP contribution in [0.4, 0.5) is 0 Å². The number of fused-ring (bicyclic) bond motifs is 1. The summed E-state index contributed by atoms with van der Waals surface area (Å²) in [6.45, 7) is 2.02. The van der Waals surface area contributed by atoms with Gasteiger partial charge in [0.25, 0.3) is 0 Å². The van der Waals surface area contributed by atoms with E-state index >= 15 is 0 Å². The quantitative estimate of drug-likeness (QED) is 0.661. The van der Waals surface area contributed by atoms with Crippen LogP contribution in [0.3, 0.4) is 0 Å². The minimum absolute atomic E-state index is 0.880. The number of nitrogens with zero attached hydrogens (tertiary/aromatic N) is 1. The standard InChI is InChI=1S/C16H13NO/c1-12-10-11-18-16(12)9-8-14-7-6-13-4-2-3-5-15(13)17-14/h2-11H,1H3/b9-8+. The van der Waals surface area contributed by atoms with E-state index in [1.807, 2.05) is 49.4 Å². The summed E-state index contributed by atoms with van der Waals surface area (Å²) < 4.78 is 5.36. The summed E-state index contributed by atoms with van der Waals surface area (Å²) in [6, 6.07) is 14.1.